The van der Waals surface area contributed by atoms with Gasteiger partial charge in [0.25, 0.3) is 0 Å². The van der Waals surface area contributed by atoms with Gasteiger partial charge in [-0.3, -0.25) is 4.79 Å². The first kappa shape index (κ1) is 6.89. The first-order chi connectivity index (χ1) is 5.29. The first-order valence-electron chi connectivity index (χ1n) is 4.18. The lowest BCUT2D eigenvalue weighted by molar-refractivity contribution is -0.150. The summed E-state index contributed by atoms with van der Waals surface area (Å²) in [5.74, 6) is 0.411. The van der Waals surface area contributed by atoms with E-state index in [1.54, 1.807) is 0 Å². The van der Waals surface area contributed by atoms with E-state index in [4.69, 9.17) is 5.11 Å². The minimum Gasteiger partial charge on any atom is -0.481 e. The summed E-state index contributed by atoms with van der Waals surface area (Å²) in [6.07, 6.45) is 7.40. The molecule has 60 valence electrons. The van der Waals surface area contributed by atoms with E-state index in [1.807, 2.05) is 0 Å². The number of hydrogen-bond acceptors (Lipinski definition) is 1. The molecular formula is C9H12O2. The molecule has 1 fully saturated rings. The zero-order valence-corrected chi connectivity index (χ0v) is 6.36. The topological polar surface area (TPSA) is 37.3 Å². The molecule has 11 heavy (non-hydrogen) atoms. The molecule has 1 saturated carbocycles. The van der Waals surface area contributed by atoms with Gasteiger partial charge in [-0.25, -0.2) is 0 Å². The van der Waals surface area contributed by atoms with Gasteiger partial charge in [-0.05, 0) is 31.1 Å². The lowest BCUT2D eigenvalue weighted by atomic mass is 9.61. The number of aliphatic carboxylic acids is 1. The van der Waals surface area contributed by atoms with Gasteiger partial charge in [0.1, 0.15) is 0 Å². The van der Waals surface area contributed by atoms with Crippen molar-refractivity contribution in [2.45, 2.75) is 19.3 Å². The molecule has 0 amide bonds. The van der Waals surface area contributed by atoms with Gasteiger partial charge in [-0.15, -0.1) is 0 Å². The van der Waals surface area contributed by atoms with Crippen LogP contribution in [0.4, 0.5) is 0 Å². The lowest BCUT2D eigenvalue weighted by Gasteiger charge is -2.42. The highest BCUT2D eigenvalue weighted by Gasteiger charge is 2.44. The molecule has 0 bridgehead atoms. The Hall–Kier alpha value is -0.790. The molecule has 0 aromatic carbocycles. The fraction of sp³-hybridized carbons (Fsp3) is 0.667. The van der Waals surface area contributed by atoms with Crippen LogP contribution in [0.25, 0.3) is 0 Å². The van der Waals surface area contributed by atoms with E-state index >= 15 is 0 Å². The Morgan fingerprint density at radius 1 is 1.55 bits per heavy atom. The Labute approximate surface area is 65.9 Å². The highest BCUT2D eigenvalue weighted by atomic mass is 16.4. The van der Waals surface area contributed by atoms with Crippen molar-refractivity contribution in [3.8, 4) is 0 Å². The smallest absolute Gasteiger partial charge is 0.306 e. The molecule has 2 aliphatic rings. The monoisotopic (exact) mass is 152 g/mol. The van der Waals surface area contributed by atoms with E-state index in [9.17, 15) is 4.79 Å². The average molecular weight is 152 g/mol. The molecule has 0 radical (unpaired) electrons. The molecular weight excluding hydrogens is 140 g/mol. The third-order valence-corrected chi connectivity index (χ3v) is 2.96. The van der Waals surface area contributed by atoms with Crippen LogP contribution >= 0.6 is 0 Å². The molecule has 0 spiro atoms. The molecule has 0 saturated heterocycles. The predicted octanol–water partition coefficient (Wildman–Crippen LogP) is 1.67. The van der Waals surface area contributed by atoms with E-state index in [0.29, 0.717) is 11.8 Å². The molecule has 3 atom stereocenters. The molecule has 0 aromatic rings. The lowest BCUT2D eigenvalue weighted by Crippen LogP contribution is -2.41. The van der Waals surface area contributed by atoms with Crippen molar-refractivity contribution in [3.63, 3.8) is 0 Å². The maximum absolute atomic E-state index is 10.6. The van der Waals surface area contributed by atoms with Gasteiger partial charge in [-0.1, -0.05) is 12.2 Å². The second-order valence-corrected chi connectivity index (χ2v) is 3.51. The average Bonchev–Trinajstić information content (AvgIpc) is 1.90. The predicted molar refractivity (Wildman–Crippen MR) is 41.1 cm³/mol. The SMILES string of the molecule is O=C(O)C1CC2C=CCCC21. The molecule has 2 aliphatic carbocycles. The number of rotatable bonds is 1. The first-order valence-corrected chi connectivity index (χ1v) is 4.18. The molecule has 2 rings (SSSR count). The Morgan fingerprint density at radius 2 is 2.36 bits per heavy atom. The standard InChI is InChI=1S/C9H12O2/c10-9(11)8-5-6-3-1-2-4-7(6)8/h1,3,6-8H,2,4-5H2,(H,10,11). The van der Waals surface area contributed by atoms with Crippen LogP contribution in [-0.2, 0) is 4.79 Å². The van der Waals surface area contributed by atoms with Crippen LogP contribution in [0.2, 0.25) is 0 Å². The van der Waals surface area contributed by atoms with Gasteiger partial charge in [0, 0.05) is 0 Å². The fourth-order valence-corrected chi connectivity index (χ4v) is 2.23. The molecule has 2 nitrogen and oxygen atoms in total. The second kappa shape index (κ2) is 2.36. The summed E-state index contributed by atoms with van der Waals surface area (Å²) >= 11 is 0. The van der Waals surface area contributed by atoms with E-state index in [1.165, 1.54) is 0 Å². The maximum atomic E-state index is 10.6. The summed E-state index contributed by atoms with van der Waals surface area (Å²) in [7, 11) is 0. The van der Waals surface area contributed by atoms with Crippen molar-refractivity contribution >= 4 is 5.97 Å². The molecule has 3 unspecified atom stereocenters. The summed E-state index contributed by atoms with van der Waals surface area (Å²) in [4.78, 5) is 10.6. The van der Waals surface area contributed by atoms with Crippen LogP contribution < -0.4 is 0 Å². The van der Waals surface area contributed by atoms with E-state index in [0.717, 1.165) is 19.3 Å². The van der Waals surface area contributed by atoms with Crippen molar-refractivity contribution in [3.05, 3.63) is 12.2 Å². The zero-order valence-electron chi connectivity index (χ0n) is 6.36. The summed E-state index contributed by atoms with van der Waals surface area (Å²) in [5.41, 5.74) is 0. The summed E-state index contributed by atoms with van der Waals surface area (Å²) in [6, 6.07) is 0. The van der Waals surface area contributed by atoms with Crippen LogP contribution in [-0.4, -0.2) is 11.1 Å². The van der Waals surface area contributed by atoms with Gasteiger partial charge in [0.15, 0.2) is 0 Å². The number of carboxylic acids is 1. The van der Waals surface area contributed by atoms with Crippen LogP contribution in [0.3, 0.4) is 0 Å². The van der Waals surface area contributed by atoms with Crippen molar-refractivity contribution < 1.29 is 9.90 Å². The number of hydrogen-bond donors (Lipinski definition) is 1. The summed E-state index contributed by atoms with van der Waals surface area (Å²) in [5, 5.41) is 8.75. The van der Waals surface area contributed by atoms with Gasteiger partial charge < -0.3 is 5.11 Å². The Kier molecular flexibility index (Phi) is 1.48. The third-order valence-electron chi connectivity index (χ3n) is 2.96. The van der Waals surface area contributed by atoms with Gasteiger partial charge in [-0.2, -0.15) is 0 Å². The Balaban J connectivity index is 2.04. The molecule has 1 N–H and O–H groups in total. The quantitative estimate of drug-likeness (QED) is 0.580. The number of carbonyl (C=O) groups is 1. The highest BCUT2D eigenvalue weighted by Crippen LogP contribution is 2.46. The minimum absolute atomic E-state index is 0.0371. The van der Waals surface area contributed by atoms with Crippen LogP contribution in [0.1, 0.15) is 19.3 Å². The van der Waals surface area contributed by atoms with Gasteiger partial charge >= 0.3 is 5.97 Å². The molecule has 2 heteroatoms. The van der Waals surface area contributed by atoms with Crippen molar-refractivity contribution in [2.24, 2.45) is 17.8 Å². The Bertz CT molecular complexity index is 208. The van der Waals surface area contributed by atoms with Crippen molar-refractivity contribution in [2.75, 3.05) is 0 Å². The normalized spacial score (nSPS) is 40.9. The van der Waals surface area contributed by atoms with Crippen molar-refractivity contribution in [1.82, 2.24) is 0 Å². The fourth-order valence-electron chi connectivity index (χ4n) is 2.23. The second-order valence-electron chi connectivity index (χ2n) is 3.51. The van der Waals surface area contributed by atoms with Crippen LogP contribution in [0.5, 0.6) is 0 Å². The minimum atomic E-state index is -0.596. The highest BCUT2D eigenvalue weighted by molar-refractivity contribution is 5.71. The zero-order chi connectivity index (χ0) is 7.84. The van der Waals surface area contributed by atoms with Gasteiger partial charge in [0.05, 0.1) is 5.92 Å². The summed E-state index contributed by atoms with van der Waals surface area (Å²) in [6.45, 7) is 0. The van der Waals surface area contributed by atoms with E-state index in [-0.39, 0.29) is 5.92 Å². The van der Waals surface area contributed by atoms with E-state index < -0.39 is 5.97 Å². The van der Waals surface area contributed by atoms with Crippen LogP contribution in [0, 0.1) is 17.8 Å². The molecule has 0 aliphatic heterocycles. The maximum Gasteiger partial charge on any atom is 0.306 e. The number of carboxylic acid groups (broad SMARTS) is 1. The number of allylic oxidation sites excluding steroid dienone is 2. The summed E-state index contributed by atoms with van der Waals surface area (Å²) < 4.78 is 0. The molecule has 0 aromatic heterocycles. The third kappa shape index (κ3) is 0.971. The number of fused-ring (bicyclic) bond motifs is 1. The molecule has 0 heterocycles. The Morgan fingerprint density at radius 3 is 3.00 bits per heavy atom. The van der Waals surface area contributed by atoms with E-state index in [2.05, 4.69) is 12.2 Å². The van der Waals surface area contributed by atoms with Crippen LogP contribution in [0.15, 0.2) is 12.2 Å². The van der Waals surface area contributed by atoms with Crippen molar-refractivity contribution in [1.29, 1.82) is 0 Å². The van der Waals surface area contributed by atoms with Gasteiger partial charge in [0.2, 0.25) is 0 Å². The largest absolute Gasteiger partial charge is 0.481 e.